The van der Waals surface area contributed by atoms with Gasteiger partial charge in [-0.25, -0.2) is 4.98 Å². The molecule has 1 aromatic rings. The fraction of sp³-hybridized carbons (Fsp3) is 0.786. The minimum Gasteiger partial charge on any atom is -0.377 e. The minimum absolute atomic E-state index is 0.483. The second kappa shape index (κ2) is 7.22. The lowest BCUT2D eigenvalue weighted by molar-refractivity contribution is 0.0929. The maximum absolute atomic E-state index is 5.58. The van der Waals surface area contributed by atoms with Crippen LogP contribution in [0.3, 0.4) is 0 Å². The van der Waals surface area contributed by atoms with Crippen molar-refractivity contribution in [3.63, 3.8) is 0 Å². The van der Waals surface area contributed by atoms with Gasteiger partial charge in [-0.15, -0.1) is 11.3 Å². The van der Waals surface area contributed by atoms with Gasteiger partial charge in [0.1, 0.15) is 0 Å². The van der Waals surface area contributed by atoms with Gasteiger partial charge in [-0.3, -0.25) is 0 Å². The molecule has 1 atom stereocenters. The summed E-state index contributed by atoms with van der Waals surface area (Å²) in [6.45, 7) is 11.1. The number of nitrogens with one attached hydrogen (secondary N) is 1. The Morgan fingerprint density at radius 3 is 2.95 bits per heavy atom. The summed E-state index contributed by atoms with van der Waals surface area (Å²) >= 11 is 1.85. The van der Waals surface area contributed by atoms with Gasteiger partial charge in [0, 0.05) is 18.0 Å². The van der Waals surface area contributed by atoms with Crippen molar-refractivity contribution >= 4 is 16.5 Å². The number of aryl methyl sites for hydroxylation is 1. The quantitative estimate of drug-likeness (QED) is 0.870. The Morgan fingerprint density at radius 2 is 2.26 bits per heavy atom. The second-order valence-electron chi connectivity index (χ2n) is 4.83. The maximum Gasteiger partial charge on any atom is 0.186 e. The molecule has 0 radical (unpaired) electrons. The Balaban J connectivity index is 2.16. The molecule has 5 heteroatoms. The van der Waals surface area contributed by atoms with E-state index in [4.69, 9.17) is 9.72 Å². The normalized spacial score (nSPS) is 19.9. The zero-order chi connectivity index (χ0) is 13.7. The minimum atomic E-state index is 0.483. The van der Waals surface area contributed by atoms with Crippen LogP contribution in [0.2, 0.25) is 0 Å². The van der Waals surface area contributed by atoms with E-state index in [2.05, 4.69) is 31.0 Å². The Labute approximate surface area is 120 Å². The van der Waals surface area contributed by atoms with E-state index in [1.54, 1.807) is 0 Å². The van der Waals surface area contributed by atoms with Crippen LogP contribution in [0.1, 0.15) is 37.8 Å². The molecule has 19 heavy (non-hydrogen) atoms. The van der Waals surface area contributed by atoms with Crippen LogP contribution in [-0.4, -0.2) is 37.3 Å². The zero-order valence-electron chi connectivity index (χ0n) is 12.2. The fourth-order valence-electron chi connectivity index (χ4n) is 2.39. The first-order chi connectivity index (χ1) is 9.30. The molecule has 1 aliphatic rings. The summed E-state index contributed by atoms with van der Waals surface area (Å²) in [6, 6.07) is 0.483. The lowest BCUT2D eigenvalue weighted by atomic mass is 10.2. The first-order valence-corrected chi connectivity index (χ1v) is 8.15. The van der Waals surface area contributed by atoms with Crippen molar-refractivity contribution < 1.29 is 4.74 Å². The van der Waals surface area contributed by atoms with E-state index >= 15 is 0 Å². The molecule has 0 aliphatic carbocycles. The van der Waals surface area contributed by atoms with Gasteiger partial charge in [-0.05, 0) is 19.4 Å². The van der Waals surface area contributed by atoms with Crippen molar-refractivity contribution in [1.82, 2.24) is 10.3 Å². The highest BCUT2D eigenvalue weighted by atomic mass is 32.1. The number of nitrogens with zero attached hydrogens (tertiary/aromatic N) is 2. The van der Waals surface area contributed by atoms with Crippen LogP contribution in [0.25, 0.3) is 0 Å². The molecule has 4 nitrogen and oxygen atoms in total. The molecule has 1 saturated heterocycles. The Bertz CT molecular complexity index is 394. The van der Waals surface area contributed by atoms with E-state index in [1.807, 2.05) is 11.3 Å². The molecule has 0 bridgehead atoms. The smallest absolute Gasteiger partial charge is 0.186 e. The van der Waals surface area contributed by atoms with Gasteiger partial charge in [-0.2, -0.15) is 0 Å². The van der Waals surface area contributed by atoms with Gasteiger partial charge in [0.15, 0.2) is 5.13 Å². The number of aromatic nitrogens is 1. The van der Waals surface area contributed by atoms with Crippen LogP contribution < -0.4 is 10.2 Å². The highest BCUT2D eigenvalue weighted by Crippen LogP contribution is 2.29. The standard InChI is InChI=1S/C14H25N3OS/c1-4-11-10-18-8-7-17(11)14-16-12(5-2)13(19-14)9-15-6-3/h11,15H,4-10H2,1-3H3. The number of ether oxygens (including phenoxy) is 1. The first kappa shape index (κ1) is 14.8. The molecule has 2 heterocycles. The number of anilines is 1. The van der Waals surface area contributed by atoms with Gasteiger partial charge in [0.05, 0.1) is 24.9 Å². The number of morpholine rings is 1. The fourth-order valence-corrected chi connectivity index (χ4v) is 3.61. The summed E-state index contributed by atoms with van der Waals surface area (Å²) in [5.41, 5.74) is 1.25. The zero-order valence-corrected chi connectivity index (χ0v) is 13.1. The third kappa shape index (κ3) is 3.46. The van der Waals surface area contributed by atoms with Crippen LogP contribution in [0.4, 0.5) is 5.13 Å². The van der Waals surface area contributed by atoms with Crippen LogP contribution in [0, 0.1) is 0 Å². The monoisotopic (exact) mass is 283 g/mol. The number of hydrogen-bond acceptors (Lipinski definition) is 5. The van der Waals surface area contributed by atoms with Crippen molar-refractivity contribution in [2.24, 2.45) is 0 Å². The Morgan fingerprint density at radius 1 is 1.42 bits per heavy atom. The SMILES string of the molecule is CCNCc1sc(N2CCOCC2CC)nc1CC. The maximum atomic E-state index is 5.58. The lowest BCUT2D eigenvalue weighted by Gasteiger charge is -2.34. The first-order valence-electron chi connectivity index (χ1n) is 7.33. The van der Waals surface area contributed by atoms with Crippen LogP contribution in [0.5, 0.6) is 0 Å². The summed E-state index contributed by atoms with van der Waals surface area (Å²) in [4.78, 5) is 8.68. The topological polar surface area (TPSA) is 37.4 Å². The molecule has 1 N–H and O–H groups in total. The summed E-state index contributed by atoms with van der Waals surface area (Å²) in [5.74, 6) is 0. The van der Waals surface area contributed by atoms with Gasteiger partial charge in [0.25, 0.3) is 0 Å². The highest BCUT2D eigenvalue weighted by molar-refractivity contribution is 7.15. The molecule has 0 aromatic carbocycles. The van der Waals surface area contributed by atoms with Gasteiger partial charge >= 0.3 is 0 Å². The van der Waals surface area contributed by atoms with Crippen molar-refractivity contribution in [3.8, 4) is 0 Å². The average molecular weight is 283 g/mol. The number of hydrogen-bond donors (Lipinski definition) is 1. The van der Waals surface area contributed by atoms with E-state index in [1.165, 1.54) is 15.7 Å². The molecule has 2 rings (SSSR count). The second-order valence-corrected chi connectivity index (χ2v) is 5.89. The largest absolute Gasteiger partial charge is 0.377 e. The molecule has 1 unspecified atom stereocenters. The Kier molecular flexibility index (Phi) is 5.60. The molecular weight excluding hydrogens is 258 g/mol. The van der Waals surface area contributed by atoms with Gasteiger partial charge in [0.2, 0.25) is 0 Å². The molecule has 1 aliphatic heterocycles. The van der Waals surface area contributed by atoms with E-state index in [-0.39, 0.29) is 0 Å². The van der Waals surface area contributed by atoms with E-state index in [0.29, 0.717) is 6.04 Å². The molecule has 0 amide bonds. The molecule has 0 spiro atoms. The van der Waals surface area contributed by atoms with E-state index in [9.17, 15) is 0 Å². The van der Waals surface area contributed by atoms with Crippen LogP contribution in [-0.2, 0) is 17.7 Å². The van der Waals surface area contributed by atoms with Crippen molar-refractivity contribution in [2.45, 2.75) is 46.2 Å². The summed E-state index contributed by atoms with van der Waals surface area (Å²) < 4.78 is 5.58. The predicted octanol–water partition coefficient (Wildman–Crippen LogP) is 2.43. The summed E-state index contributed by atoms with van der Waals surface area (Å²) in [5, 5.41) is 4.59. The molecule has 108 valence electrons. The lowest BCUT2D eigenvalue weighted by Crippen LogP contribution is -2.45. The van der Waals surface area contributed by atoms with Gasteiger partial charge < -0.3 is 15.0 Å². The third-order valence-corrected chi connectivity index (χ3v) is 4.72. The Hall–Kier alpha value is -0.650. The molecule has 0 saturated carbocycles. The predicted molar refractivity (Wildman–Crippen MR) is 81.1 cm³/mol. The number of rotatable bonds is 6. The molecule has 1 aromatic heterocycles. The summed E-state index contributed by atoms with van der Waals surface area (Å²) in [6.07, 6.45) is 2.13. The van der Waals surface area contributed by atoms with E-state index < -0.39 is 0 Å². The number of thiazole rings is 1. The average Bonchev–Trinajstić information content (AvgIpc) is 2.88. The van der Waals surface area contributed by atoms with Gasteiger partial charge in [-0.1, -0.05) is 20.8 Å². The van der Waals surface area contributed by atoms with Crippen molar-refractivity contribution in [1.29, 1.82) is 0 Å². The molecule has 1 fully saturated rings. The summed E-state index contributed by atoms with van der Waals surface area (Å²) in [7, 11) is 0. The van der Waals surface area contributed by atoms with Crippen molar-refractivity contribution in [2.75, 3.05) is 31.2 Å². The van der Waals surface area contributed by atoms with Crippen molar-refractivity contribution in [3.05, 3.63) is 10.6 Å². The van der Waals surface area contributed by atoms with Crippen LogP contribution in [0.15, 0.2) is 0 Å². The third-order valence-electron chi connectivity index (χ3n) is 3.58. The molecular formula is C14H25N3OS. The van der Waals surface area contributed by atoms with E-state index in [0.717, 1.165) is 45.7 Å². The van der Waals surface area contributed by atoms with Crippen LogP contribution >= 0.6 is 11.3 Å². The highest BCUT2D eigenvalue weighted by Gasteiger charge is 2.25.